The Hall–Kier alpha value is -1.26. The van der Waals surface area contributed by atoms with Gasteiger partial charge in [0.15, 0.2) is 11.5 Å². The van der Waals surface area contributed by atoms with E-state index in [2.05, 4.69) is 12.2 Å². The summed E-state index contributed by atoms with van der Waals surface area (Å²) < 4.78 is 11.4. The summed E-state index contributed by atoms with van der Waals surface area (Å²) in [7, 11) is 1.65. The van der Waals surface area contributed by atoms with Crippen molar-refractivity contribution in [3.8, 4) is 11.5 Å². The van der Waals surface area contributed by atoms with Crippen molar-refractivity contribution >= 4 is 0 Å². The number of aryl methyl sites for hydroxylation is 1. The molecule has 0 saturated heterocycles. The molecular formula is C17H27NO3. The van der Waals surface area contributed by atoms with Crippen molar-refractivity contribution in [2.75, 3.05) is 13.7 Å². The number of hydrogen-bond acceptors (Lipinski definition) is 4. The predicted octanol–water partition coefficient (Wildman–Crippen LogP) is 2.66. The molecule has 0 radical (unpaired) electrons. The highest BCUT2D eigenvalue weighted by atomic mass is 16.5. The lowest BCUT2D eigenvalue weighted by atomic mass is 9.95. The lowest BCUT2D eigenvalue weighted by Gasteiger charge is -2.32. The van der Waals surface area contributed by atoms with Crippen LogP contribution < -0.4 is 14.8 Å². The molecule has 1 aliphatic rings. The van der Waals surface area contributed by atoms with Crippen molar-refractivity contribution in [2.24, 2.45) is 0 Å². The molecule has 1 aliphatic carbocycles. The van der Waals surface area contributed by atoms with Gasteiger partial charge in [-0.2, -0.15) is 0 Å². The Morgan fingerprint density at radius 2 is 2.10 bits per heavy atom. The van der Waals surface area contributed by atoms with Gasteiger partial charge in [-0.15, -0.1) is 0 Å². The number of hydrogen-bond donors (Lipinski definition) is 2. The van der Waals surface area contributed by atoms with E-state index in [1.54, 1.807) is 7.11 Å². The molecule has 0 spiro atoms. The third kappa shape index (κ3) is 4.61. The minimum absolute atomic E-state index is 0.00925. The van der Waals surface area contributed by atoms with Crippen molar-refractivity contribution in [1.29, 1.82) is 0 Å². The van der Waals surface area contributed by atoms with Gasteiger partial charge in [0.1, 0.15) is 0 Å². The second kappa shape index (κ2) is 6.67. The molecule has 2 unspecified atom stereocenters. The molecule has 0 bridgehead atoms. The zero-order valence-corrected chi connectivity index (χ0v) is 13.5. The van der Waals surface area contributed by atoms with E-state index in [4.69, 9.17) is 9.47 Å². The topological polar surface area (TPSA) is 50.7 Å². The minimum Gasteiger partial charge on any atom is -0.493 e. The van der Waals surface area contributed by atoms with Crippen LogP contribution >= 0.6 is 0 Å². The van der Waals surface area contributed by atoms with Crippen LogP contribution in [0.2, 0.25) is 0 Å². The fourth-order valence-electron chi connectivity index (χ4n) is 2.65. The molecule has 0 heterocycles. The summed E-state index contributed by atoms with van der Waals surface area (Å²) in [5, 5.41) is 13.2. The normalized spacial score (nSPS) is 18.9. The molecule has 2 N–H and O–H groups in total. The highest BCUT2D eigenvalue weighted by molar-refractivity contribution is 5.42. The molecule has 118 valence electrons. The zero-order chi connectivity index (χ0) is 15.5. The molecule has 2 atom stereocenters. The first-order valence-corrected chi connectivity index (χ1v) is 7.65. The van der Waals surface area contributed by atoms with E-state index < -0.39 is 0 Å². The molecule has 4 heteroatoms. The van der Waals surface area contributed by atoms with Crippen molar-refractivity contribution in [2.45, 2.75) is 57.7 Å². The van der Waals surface area contributed by atoms with E-state index in [0.29, 0.717) is 6.04 Å². The summed E-state index contributed by atoms with van der Waals surface area (Å²) in [6.07, 6.45) is 3.15. The standard InChI is InChI=1S/C17H27NO3/c1-12-5-8-15(16(9-12)20-4)21-13(2)10-17(3,11-19)18-14-6-7-14/h5,8-9,13-14,18-19H,6-7,10-11H2,1-4H3. The van der Waals surface area contributed by atoms with Gasteiger partial charge in [0.25, 0.3) is 0 Å². The van der Waals surface area contributed by atoms with Crippen molar-refractivity contribution in [3.05, 3.63) is 23.8 Å². The molecule has 4 nitrogen and oxygen atoms in total. The number of benzene rings is 1. The second-order valence-electron chi connectivity index (χ2n) is 6.42. The Bertz CT molecular complexity index is 473. The van der Waals surface area contributed by atoms with Gasteiger partial charge in [-0.25, -0.2) is 0 Å². The van der Waals surface area contributed by atoms with Crippen molar-refractivity contribution in [1.82, 2.24) is 5.32 Å². The summed E-state index contributed by atoms with van der Waals surface area (Å²) in [6, 6.07) is 6.48. The Labute approximate surface area is 127 Å². The lowest BCUT2D eigenvalue weighted by Crippen LogP contribution is -2.49. The monoisotopic (exact) mass is 293 g/mol. The first kappa shape index (κ1) is 16.1. The molecule has 0 aliphatic heterocycles. The number of aliphatic hydroxyl groups is 1. The molecule has 21 heavy (non-hydrogen) atoms. The average Bonchev–Trinajstić information content (AvgIpc) is 3.24. The number of ether oxygens (including phenoxy) is 2. The van der Waals surface area contributed by atoms with Crippen LogP contribution in [0.15, 0.2) is 18.2 Å². The Kier molecular flexibility index (Phi) is 5.12. The van der Waals surface area contributed by atoms with Crippen LogP contribution in [0.4, 0.5) is 0 Å². The van der Waals surface area contributed by atoms with Gasteiger partial charge >= 0.3 is 0 Å². The summed E-state index contributed by atoms with van der Waals surface area (Å²) in [6.45, 7) is 6.22. The molecule has 1 aromatic carbocycles. The quantitative estimate of drug-likeness (QED) is 0.773. The minimum atomic E-state index is -0.293. The largest absolute Gasteiger partial charge is 0.493 e. The van der Waals surface area contributed by atoms with Gasteiger partial charge in [0, 0.05) is 18.0 Å². The fourth-order valence-corrected chi connectivity index (χ4v) is 2.65. The number of rotatable bonds is 8. The predicted molar refractivity (Wildman–Crippen MR) is 84.1 cm³/mol. The molecule has 0 amide bonds. The summed E-state index contributed by atoms with van der Waals surface area (Å²) in [5.74, 6) is 1.50. The Morgan fingerprint density at radius 3 is 2.67 bits per heavy atom. The van der Waals surface area contributed by atoms with Gasteiger partial charge in [-0.05, 0) is 51.3 Å². The van der Waals surface area contributed by atoms with Gasteiger partial charge in [0.2, 0.25) is 0 Å². The maximum Gasteiger partial charge on any atom is 0.161 e. The van der Waals surface area contributed by atoms with Crippen LogP contribution in [0.25, 0.3) is 0 Å². The summed E-state index contributed by atoms with van der Waals surface area (Å²) in [5.41, 5.74) is 0.848. The van der Waals surface area contributed by atoms with E-state index >= 15 is 0 Å². The number of nitrogens with one attached hydrogen (secondary N) is 1. The van der Waals surface area contributed by atoms with Gasteiger partial charge in [0.05, 0.1) is 19.8 Å². The second-order valence-corrected chi connectivity index (χ2v) is 6.42. The maximum absolute atomic E-state index is 9.67. The third-order valence-electron chi connectivity index (χ3n) is 3.86. The van der Waals surface area contributed by atoms with Gasteiger partial charge < -0.3 is 19.9 Å². The molecule has 1 saturated carbocycles. The van der Waals surface area contributed by atoms with E-state index in [0.717, 1.165) is 23.5 Å². The van der Waals surface area contributed by atoms with Crippen molar-refractivity contribution in [3.63, 3.8) is 0 Å². The highest BCUT2D eigenvalue weighted by Crippen LogP contribution is 2.30. The lowest BCUT2D eigenvalue weighted by molar-refractivity contribution is 0.107. The fraction of sp³-hybridized carbons (Fsp3) is 0.647. The first-order chi connectivity index (χ1) is 9.95. The smallest absolute Gasteiger partial charge is 0.161 e. The van der Waals surface area contributed by atoms with Crippen LogP contribution in [0.3, 0.4) is 0 Å². The van der Waals surface area contributed by atoms with Crippen LogP contribution in [-0.2, 0) is 0 Å². The molecule has 1 aromatic rings. The summed E-state index contributed by atoms with van der Waals surface area (Å²) >= 11 is 0. The van der Waals surface area contributed by atoms with E-state index in [1.165, 1.54) is 12.8 Å². The molecule has 2 rings (SSSR count). The third-order valence-corrected chi connectivity index (χ3v) is 3.86. The number of methoxy groups -OCH3 is 1. The van der Waals surface area contributed by atoms with E-state index in [-0.39, 0.29) is 18.2 Å². The van der Waals surface area contributed by atoms with Gasteiger partial charge in [-0.3, -0.25) is 0 Å². The maximum atomic E-state index is 9.67. The zero-order valence-electron chi connectivity index (χ0n) is 13.5. The van der Waals surface area contributed by atoms with E-state index in [1.807, 2.05) is 32.0 Å². The van der Waals surface area contributed by atoms with E-state index in [9.17, 15) is 5.11 Å². The first-order valence-electron chi connectivity index (χ1n) is 7.65. The molecule has 0 aromatic heterocycles. The van der Waals surface area contributed by atoms with Crippen LogP contribution in [-0.4, -0.2) is 36.5 Å². The molecule has 1 fully saturated rings. The van der Waals surface area contributed by atoms with Crippen LogP contribution in [0.1, 0.15) is 38.7 Å². The Balaban J connectivity index is 1.98. The van der Waals surface area contributed by atoms with Gasteiger partial charge in [-0.1, -0.05) is 6.07 Å². The van der Waals surface area contributed by atoms with Crippen LogP contribution in [0, 0.1) is 6.92 Å². The van der Waals surface area contributed by atoms with Crippen LogP contribution in [0.5, 0.6) is 11.5 Å². The summed E-state index contributed by atoms with van der Waals surface area (Å²) in [4.78, 5) is 0. The average molecular weight is 293 g/mol. The number of aliphatic hydroxyl groups excluding tert-OH is 1. The molecular weight excluding hydrogens is 266 g/mol. The Morgan fingerprint density at radius 1 is 1.38 bits per heavy atom. The van der Waals surface area contributed by atoms with Crippen molar-refractivity contribution < 1.29 is 14.6 Å². The SMILES string of the molecule is COc1cc(C)ccc1OC(C)CC(C)(CO)NC1CC1. The highest BCUT2D eigenvalue weighted by Gasteiger charge is 2.33.